The number of benzene rings is 2. The van der Waals surface area contributed by atoms with Crippen LogP contribution in [0.25, 0.3) is 11.3 Å². The van der Waals surface area contributed by atoms with Crippen LogP contribution in [-0.2, 0) is 6.42 Å². The predicted octanol–water partition coefficient (Wildman–Crippen LogP) is 4.66. The first-order chi connectivity index (χ1) is 14.0. The molecule has 0 saturated carbocycles. The molecule has 29 heavy (non-hydrogen) atoms. The number of rotatable bonds is 4. The van der Waals surface area contributed by atoms with Crippen molar-refractivity contribution in [3.8, 4) is 11.3 Å². The molecule has 0 N–H and O–H groups in total. The molecule has 150 valence electrons. The Bertz CT molecular complexity index is 1030. The Balaban J connectivity index is 1.54. The number of nitrogens with zero attached hydrogens (tertiary/aromatic N) is 3. The number of carbonyl (C=O) groups excluding carboxylic acids is 1. The summed E-state index contributed by atoms with van der Waals surface area (Å²) in [6, 6.07) is 13.7. The maximum absolute atomic E-state index is 13.7. The molecule has 0 radical (unpaired) electrons. The highest BCUT2D eigenvalue weighted by Gasteiger charge is 2.28. The number of oxazole rings is 1. The first-order valence-corrected chi connectivity index (χ1v) is 9.98. The van der Waals surface area contributed by atoms with E-state index in [2.05, 4.69) is 9.88 Å². The zero-order valence-electron chi connectivity index (χ0n) is 16.1. The Morgan fingerprint density at radius 3 is 2.59 bits per heavy atom. The number of aryl methyl sites for hydroxylation is 1. The summed E-state index contributed by atoms with van der Waals surface area (Å²) in [4.78, 5) is 21.5. The zero-order chi connectivity index (χ0) is 20.4. The van der Waals surface area contributed by atoms with Crippen molar-refractivity contribution in [1.82, 2.24) is 9.88 Å². The van der Waals surface area contributed by atoms with Crippen molar-refractivity contribution in [2.24, 2.45) is 0 Å². The molecule has 0 aliphatic carbocycles. The minimum Gasteiger partial charge on any atom is -0.435 e. The number of aromatic nitrogens is 1. The summed E-state index contributed by atoms with van der Waals surface area (Å²) >= 11 is 6.09. The molecule has 4 rings (SSSR count). The van der Waals surface area contributed by atoms with Crippen LogP contribution >= 0.6 is 11.6 Å². The molecule has 1 aliphatic rings. The van der Waals surface area contributed by atoms with Gasteiger partial charge in [0.25, 0.3) is 5.91 Å². The topological polar surface area (TPSA) is 49.6 Å². The van der Waals surface area contributed by atoms with Gasteiger partial charge in [0.15, 0.2) is 5.89 Å². The fourth-order valence-electron chi connectivity index (χ4n) is 3.48. The van der Waals surface area contributed by atoms with Crippen LogP contribution in [0.5, 0.6) is 0 Å². The van der Waals surface area contributed by atoms with Crippen molar-refractivity contribution in [3.63, 3.8) is 0 Å². The van der Waals surface area contributed by atoms with Crippen LogP contribution < -0.4 is 4.90 Å². The van der Waals surface area contributed by atoms with E-state index in [0.717, 1.165) is 5.69 Å². The largest absolute Gasteiger partial charge is 0.435 e. The smallest absolute Gasteiger partial charge is 0.292 e. The number of carbonyl (C=O) groups is 1. The first-order valence-electron chi connectivity index (χ1n) is 9.60. The molecule has 2 heterocycles. The van der Waals surface area contributed by atoms with Gasteiger partial charge in [0.1, 0.15) is 11.5 Å². The van der Waals surface area contributed by atoms with E-state index in [4.69, 9.17) is 16.0 Å². The van der Waals surface area contributed by atoms with Crippen molar-refractivity contribution in [2.45, 2.75) is 13.3 Å². The second kappa shape index (κ2) is 8.25. The molecule has 0 spiro atoms. The van der Waals surface area contributed by atoms with Crippen LogP contribution in [-0.4, -0.2) is 42.0 Å². The van der Waals surface area contributed by atoms with Crippen LogP contribution in [0.15, 0.2) is 52.9 Å². The number of halogens is 2. The van der Waals surface area contributed by atoms with Gasteiger partial charge in [0, 0.05) is 48.9 Å². The molecule has 7 heteroatoms. The van der Waals surface area contributed by atoms with Gasteiger partial charge in [-0.25, -0.2) is 9.37 Å². The molecule has 1 amide bonds. The second-order valence-corrected chi connectivity index (χ2v) is 7.34. The standard InChI is InChI=1S/C22H21ClFN3O2/c1-2-19-25-20(15-5-3-7-17(24)13-15)21(29-19)22(28)27-11-9-26(10-12-27)18-8-4-6-16(23)14-18/h3-8,13-14H,2,9-12H2,1H3. The molecule has 2 aromatic carbocycles. The van der Waals surface area contributed by atoms with Gasteiger partial charge in [0.2, 0.25) is 5.76 Å². The van der Waals surface area contributed by atoms with Crippen molar-refractivity contribution in [1.29, 1.82) is 0 Å². The normalized spacial score (nSPS) is 14.3. The lowest BCUT2D eigenvalue weighted by Gasteiger charge is -2.35. The molecule has 5 nitrogen and oxygen atoms in total. The van der Waals surface area contributed by atoms with Gasteiger partial charge in [-0.1, -0.05) is 36.7 Å². The third-order valence-corrected chi connectivity index (χ3v) is 5.24. The monoisotopic (exact) mass is 413 g/mol. The van der Waals surface area contributed by atoms with Crippen LogP contribution in [0.4, 0.5) is 10.1 Å². The predicted molar refractivity (Wildman–Crippen MR) is 111 cm³/mol. The third-order valence-electron chi connectivity index (χ3n) is 5.01. The van der Waals surface area contributed by atoms with E-state index in [1.54, 1.807) is 17.0 Å². The average molecular weight is 414 g/mol. The minimum atomic E-state index is -0.378. The van der Waals surface area contributed by atoms with E-state index in [1.807, 2.05) is 31.2 Å². The van der Waals surface area contributed by atoms with Crippen molar-refractivity contribution < 1.29 is 13.6 Å². The highest BCUT2D eigenvalue weighted by Crippen LogP contribution is 2.27. The second-order valence-electron chi connectivity index (χ2n) is 6.91. The van der Waals surface area contributed by atoms with Gasteiger partial charge in [-0.2, -0.15) is 0 Å². The molecular weight excluding hydrogens is 393 g/mol. The molecular formula is C22H21ClFN3O2. The summed E-state index contributed by atoms with van der Waals surface area (Å²) in [5.74, 6) is 0.0353. The van der Waals surface area contributed by atoms with Gasteiger partial charge in [-0.3, -0.25) is 4.79 Å². The number of amides is 1. The molecule has 1 aliphatic heterocycles. The molecule has 1 fully saturated rings. The molecule has 1 saturated heterocycles. The highest BCUT2D eigenvalue weighted by molar-refractivity contribution is 6.30. The number of anilines is 1. The van der Waals surface area contributed by atoms with Crippen molar-refractivity contribution in [2.75, 3.05) is 31.1 Å². The summed E-state index contributed by atoms with van der Waals surface area (Å²) in [6.45, 7) is 4.39. The van der Waals surface area contributed by atoms with Gasteiger partial charge < -0.3 is 14.2 Å². The highest BCUT2D eigenvalue weighted by atomic mass is 35.5. The summed E-state index contributed by atoms with van der Waals surface area (Å²) in [5, 5.41) is 0.689. The summed E-state index contributed by atoms with van der Waals surface area (Å²) < 4.78 is 19.4. The van der Waals surface area contributed by atoms with E-state index in [0.29, 0.717) is 54.8 Å². The first kappa shape index (κ1) is 19.5. The minimum absolute atomic E-state index is 0.170. The molecule has 3 aromatic rings. The Labute approximate surface area is 173 Å². The number of piperazine rings is 1. The van der Waals surface area contributed by atoms with E-state index in [-0.39, 0.29) is 17.5 Å². The quantitative estimate of drug-likeness (QED) is 0.624. The maximum atomic E-state index is 13.7. The number of hydrogen-bond acceptors (Lipinski definition) is 4. The van der Waals surface area contributed by atoms with Crippen LogP contribution in [0.2, 0.25) is 5.02 Å². The van der Waals surface area contributed by atoms with Gasteiger partial charge in [-0.15, -0.1) is 0 Å². The fourth-order valence-corrected chi connectivity index (χ4v) is 3.66. The zero-order valence-corrected chi connectivity index (χ0v) is 16.8. The Kier molecular flexibility index (Phi) is 5.53. The SMILES string of the molecule is CCc1nc(-c2cccc(F)c2)c(C(=O)N2CCN(c3cccc(Cl)c3)CC2)o1. The third kappa shape index (κ3) is 4.12. The van der Waals surface area contributed by atoms with E-state index in [1.165, 1.54) is 12.1 Å². The lowest BCUT2D eigenvalue weighted by Crippen LogP contribution is -2.48. The molecule has 0 atom stereocenters. The van der Waals surface area contributed by atoms with Gasteiger partial charge >= 0.3 is 0 Å². The molecule has 0 bridgehead atoms. The summed E-state index contributed by atoms with van der Waals surface area (Å²) in [5.41, 5.74) is 1.97. The van der Waals surface area contributed by atoms with Crippen molar-refractivity contribution >= 4 is 23.2 Å². The molecule has 1 aromatic heterocycles. The van der Waals surface area contributed by atoms with Gasteiger partial charge in [-0.05, 0) is 30.3 Å². The van der Waals surface area contributed by atoms with E-state index < -0.39 is 0 Å². The van der Waals surface area contributed by atoms with Gasteiger partial charge in [0.05, 0.1) is 0 Å². The Morgan fingerprint density at radius 2 is 1.90 bits per heavy atom. The molecule has 0 unspecified atom stereocenters. The van der Waals surface area contributed by atoms with E-state index >= 15 is 0 Å². The number of hydrogen-bond donors (Lipinski definition) is 0. The lowest BCUT2D eigenvalue weighted by molar-refractivity contribution is 0.0714. The summed E-state index contributed by atoms with van der Waals surface area (Å²) in [7, 11) is 0. The summed E-state index contributed by atoms with van der Waals surface area (Å²) in [6.07, 6.45) is 0.554. The van der Waals surface area contributed by atoms with Crippen LogP contribution in [0, 0.1) is 5.82 Å². The lowest BCUT2D eigenvalue weighted by atomic mass is 10.1. The maximum Gasteiger partial charge on any atom is 0.292 e. The van der Waals surface area contributed by atoms with Crippen LogP contribution in [0.1, 0.15) is 23.4 Å². The van der Waals surface area contributed by atoms with Crippen LogP contribution in [0.3, 0.4) is 0 Å². The van der Waals surface area contributed by atoms with Crippen molar-refractivity contribution in [3.05, 3.63) is 71.0 Å². The average Bonchev–Trinajstić information content (AvgIpc) is 3.18. The van der Waals surface area contributed by atoms with E-state index in [9.17, 15) is 9.18 Å². The fraction of sp³-hybridized carbons (Fsp3) is 0.273. The Morgan fingerprint density at radius 1 is 1.14 bits per heavy atom. The Hall–Kier alpha value is -2.86.